The molecule has 6 rings (SSSR count). The van der Waals surface area contributed by atoms with Gasteiger partial charge in [-0.2, -0.15) is 0 Å². The quantitative estimate of drug-likeness (QED) is 0.290. The van der Waals surface area contributed by atoms with Crippen LogP contribution in [-0.4, -0.2) is 75.8 Å². The number of likely N-dealkylation sites (N-methyl/N-ethyl adjacent to an activating group) is 1. The Morgan fingerprint density at radius 2 is 1.76 bits per heavy atom. The summed E-state index contributed by atoms with van der Waals surface area (Å²) in [7, 11) is 1.66. The topological polar surface area (TPSA) is 110 Å². The largest absolute Gasteiger partial charge is 0.341 e. The molecule has 4 atom stereocenters. The third kappa shape index (κ3) is 6.17. The van der Waals surface area contributed by atoms with Gasteiger partial charge in [0, 0.05) is 30.3 Å². The van der Waals surface area contributed by atoms with Gasteiger partial charge in [-0.3, -0.25) is 14.4 Å². The summed E-state index contributed by atoms with van der Waals surface area (Å²) in [6.45, 7) is 2.10. The van der Waals surface area contributed by atoms with Crippen LogP contribution < -0.4 is 10.6 Å². The molecule has 2 saturated heterocycles. The van der Waals surface area contributed by atoms with Gasteiger partial charge < -0.3 is 25.4 Å². The van der Waals surface area contributed by atoms with Crippen molar-refractivity contribution < 1.29 is 23.2 Å². The number of rotatable bonds is 7. The van der Waals surface area contributed by atoms with Crippen molar-refractivity contribution in [1.29, 1.82) is 0 Å². The lowest BCUT2D eigenvalue weighted by Gasteiger charge is -2.39. The summed E-state index contributed by atoms with van der Waals surface area (Å²) in [6.07, 6.45) is 1.96. The molecular weight excluding hydrogens is 578 g/mol. The number of imidazole rings is 1. The van der Waals surface area contributed by atoms with Gasteiger partial charge in [0.25, 0.3) is 0 Å². The third-order valence-electron chi connectivity index (χ3n) is 8.97. The molecule has 1 aromatic heterocycles. The first-order valence-corrected chi connectivity index (χ1v) is 15.3. The van der Waals surface area contributed by atoms with Crippen molar-refractivity contribution in [2.24, 2.45) is 0 Å². The molecule has 0 radical (unpaired) electrons. The molecule has 4 aromatic rings. The molecule has 45 heavy (non-hydrogen) atoms. The van der Waals surface area contributed by atoms with E-state index in [1.807, 2.05) is 23.1 Å². The molecular formula is C34H36F2N6O3. The number of fused-ring (bicyclic) bond motifs is 2. The highest BCUT2D eigenvalue weighted by molar-refractivity contribution is 5.93. The maximum Gasteiger partial charge on any atom is 0.247 e. The van der Waals surface area contributed by atoms with Crippen LogP contribution in [0.5, 0.6) is 0 Å². The lowest BCUT2D eigenvalue weighted by molar-refractivity contribution is -0.143. The lowest BCUT2D eigenvalue weighted by Crippen LogP contribution is -2.60. The first-order valence-electron chi connectivity index (χ1n) is 15.3. The number of aromatic nitrogens is 2. The van der Waals surface area contributed by atoms with Gasteiger partial charge in [-0.1, -0.05) is 42.5 Å². The average molecular weight is 615 g/mol. The number of hydrogen-bond donors (Lipinski definition) is 3. The van der Waals surface area contributed by atoms with Gasteiger partial charge in [-0.25, -0.2) is 13.8 Å². The Morgan fingerprint density at radius 1 is 1.00 bits per heavy atom. The van der Waals surface area contributed by atoms with E-state index in [0.29, 0.717) is 53.8 Å². The van der Waals surface area contributed by atoms with Gasteiger partial charge in [0.2, 0.25) is 17.7 Å². The molecule has 0 spiro atoms. The molecule has 0 aliphatic carbocycles. The van der Waals surface area contributed by atoms with E-state index in [9.17, 15) is 23.2 Å². The summed E-state index contributed by atoms with van der Waals surface area (Å²) in [6, 6.07) is 15.8. The fraction of sp³-hybridized carbons (Fsp3) is 0.353. The number of carbonyl (C=O) groups is 3. The van der Waals surface area contributed by atoms with Crippen molar-refractivity contribution in [1.82, 2.24) is 30.4 Å². The van der Waals surface area contributed by atoms with E-state index in [0.717, 1.165) is 5.52 Å². The number of benzene rings is 3. The molecule has 9 nitrogen and oxygen atoms in total. The Kier molecular flexibility index (Phi) is 8.62. The molecule has 3 aromatic carbocycles. The molecule has 2 fully saturated rings. The van der Waals surface area contributed by atoms with Crippen molar-refractivity contribution in [3.8, 4) is 11.1 Å². The Balaban J connectivity index is 1.30. The van der Waals surface area contributed by atoms with Crippen molar-refractivity contribution in [2.45, 2.75) is 56.8 Å². The Hall–Kier alpha value is -4.64. The first-order chi connectivity index (χ1) is 21.7. The van der Waals surface area contributed by atoms with Crippen LogP contribution in [0.3, 0.4) is 0 Å². The van der Waals surface area contributed by atoms with E-state index in [2.05, 4.69) is 15.6 Å². The predicted octanol–water partition coefficient (Wildman–Crippen LogP) is 4.11. The third-order valence-corrected chi connectivity index (χ3v) is 8.97. The predicted molar refractivity (Wildman–Crippen MR) is 166 cm³/mol. The molecule has 234 valence electrons. The molecule has 0 saturated carbocycles. The fourth-order valence-corrected chi connectivity index (χ4v) is 6.40. The summed E-state index contributed by atoms with van der Waals surface area (Å²) < 4.78 is 28.2. The molecule has 0 unspecified atom stereocenters. The number of carbonyl (C=O) groups excluding carboxylic acids is 3. The smallest absolute Gasteiger partial charge is 0.247 e. The summed E-state index contributed by atoms with van der Waals surface area (Å²) >= 11 is 0. The highest BCUT2D eigenvalue weighted by atomic mass is 19.1. The van der Waals surface area contributed by atoms with Crippen LogP contribution >= 0.6 is 0 Å². The normalized spacial score (nSPS) is 20.9. The second-order valence-corrected chi connectivity index (χ2v) is 11.8. The van der Waals surface area contributed by atoms with Gasteiger partial charge in [0.05, 0.1) is 29.5 Å². The van der Waals surface area contributed by atoms with Crippen LogP contribution in [0.1, 0.15) is 43.6 Å². The van der Waals surface area contributed by atoms with Crippen molar-refractivity contribution in [2.75, 3.05) is 20.1 Å². The molecule has 3 N–H and O–H groups in total. The van der Waals surface area contributed by atoms with Crippen LogP contribution in [0.2, 0.25) is 0 Å². The standard InChI is InChI=1S/C34H36F2N6O3/c1-20(37-2)33(44)39-28-19-41(30(43)18-21-10-12-22(35)13-11-21)17-16-23-14-15-29(42(23)34(28)45)32-38-27-9-5-7-25(31(27)40-32)24-6-3-4-8-26(24)36/h3-13,20,23,28-29,37H,14-19H2,1-2H3,(H,38,40)(H,39,44)/t20-,23+,28-,29-/m0/s1. The van der Waals surface area contributed by atoms with Gasteiger partial charge in [-0.05, 0) is 63.1 Å². The second kappa shape index (κ2) is 12.8. The minimum absolute atomic E-state index is 0.00847. The van der Waals surface area contributed by atoms with E-state index < -0.39 is 12.1 Å². The SMILES string of the molecule is CN[C@@H](C)C(=O)N[C@H]1CN(C(=O)Cc2ccc(F)cc2)CC[C@H]2CC[C@@H](c3nc4c(-c5ccccc5F)cccc4[nH]3)N2C1=O. The van der Waals surface area contributed by atoms with E-state index in [4.69, 9.17) is 4.98 Å². The maximum absolute atomic E-state index is 14.8. The summed E-state index contributed by atoms with van der Waals surface area (Å²) in [5.74, 6) is -0.962. The van der Waals surface area contributed by atoms with Crippen LogP contribution in [0.4, 0.5) is 8.78 Å². The zero-order valence-corrected chi connectivity index (χ0v) is 25.2. The highest BCUT2D eigenvalue weighted by Crippen LogP contribution is 2.39. The number of halogens is 2. The summed E-state index contributed by atoms with van der Waals surface area (Å²) in [4.78, 5) is 52.5. The van der Waals surface area contributed by atoms with E-state index in [1.54, 1.807) is 49.2 Å². The van der Waals surface area contributed by atoms with Gasteiger partial charge in [0.1, 0.15) is 23.5 Å². The van der Waals surface area contributed by atoms with Crippen LogP contribution in [-0.2, 0) is 20.8 Å². The first kappa shape index (κ1) is 30.4. The molecule has 3 amide bonds. The van der Waals surface area contributed by atoms with Crippen molar-refractivity contribution >= 4 is 28.8 Å². The van der Waals surface area contributed by atoms with Gasteiger partial charge in [-0.15, -0.1) is 0 Å². The van der Waals surface area contributed by atoms with E-state index >= 15 is 0 Å². The minimum Gasteiger partial charge on any atom is -0.341 e. The lowest BCUT2D eigenvalue weighted by atomic mass is 10.0. The van der Waals surface area contributed by atoms with Gasteiger partial charge in [0.15, 0.2) is 0 Å². The zero-order valence-electron chi connectivity index (χ0n) is 25.2. The number of hydrogen-bond acceptors (Lipinski definition) is 5. The Morgan fingerprint density at radius 3 is 2.51 bits per heavy atom. The van der Waals surface area contributed by atoms with Crippen LogP contribution in [0, 0.1) is 11.6 Å². The summed E-state index contributed by atoms with van der Waals surface area (Å²) in [5, 5.41) is 5.78. The Bertz CT molecular complexity index is 1720. The van der Waals surface area contributed by atoms with E-state index in [1.165, 1.54) is 18.2 Å². The van der Waals surface area contributed by atoms with Crippen LogP contribution in [0.25, 0.3) is 22.2 Å². The zero-order chi connectivity index (χ0) is 31.7. The highest BCUT2D eigenvalue weighted by Gasteiger charge is 2.44. The number of nitrogens with one attached hydrogen (secondary N) is 3. The number of para-hydroxylation sites is 1. The van der Waals surface area contributed by atoms with Crippen molar-refractivity contribution in [3.05, 3.63) is 89.8 Å². The maximum atomic E-state index is 14.8. The average Bonchev–Trinajstić information content (AvgIpc) is 3.66. The number of amides is 3. The molecule has 2 aliphatic heterocycles. The second-order valence-electron chi connectivity index (χ2n) is 11.8. The molecule has 0 bridgehead atoms. The minimum atomic E-state index is -0.979. The summed E-state index contributed by atoms with van der Waals surface area (Å²) in [5.41, 5.74) is 3.12. The Labute approximate surface area is 260 Å². The van der Waals surface area contributed by atoms with Crippen molar-refractivity contribution in [3.63, 3.8) is 0 Å². The van der Waals surface area contributed by atoms with Gasteiger partial charge >= 0.3 is 0 Å². The molecule has 2 aliphatic rings. The molecule has 11 heteroatoms. The number of H-pyrrole nitrogens is 1. The molecule has 3 heterocycles. The number of nitrogens with zero attached hydrogens (tertiary/aromatic N) is 3. The fourth-order valence-electron chi connectivity index (χ4n) is 6.40. The monoisotopic (exact) mass is 614 g/mol. The van der Waals surface area contributed by atoms with Crippen LogP contribution in [0.15, 0.2) is 66.7 Å². The number of aromatic amines is 1. The van der Waals surface area contributed by atoms with E-state index in [-0.39, 0.29) is 54.4 Å².